The van der Waals surface area contributed by atoms with E-state index in [1.165, 1.54) is 83.2 Å². The van der Waals surface area contributed by atoms with Crippen LogP contribution in [-0.4, -0.2) is 9.55 Å². The first kappa shape index (κ1) is 26.3. The zero-order chi connectivity index (χ0) is 31.3. The highest BCUT2D eigenvalue weighted by Gasteiger charge is 2.36. The van der Waals surface area contributed by atoms with Crippen molar-refractivity contribution in [3.8, 4) is 39.1 Å². The molecule has 0 bridgehead atoms. The van der Waals surface area contributed by atoms with E-state index >= 15 is 0 Å². The molecule has 0 N–H and O–H groups in total. The van der Waals surface area contributed by atoms with Crippen LogP contribution in [0.15, 0.2) is 152 Å². The minimum Gasteiger partial charge on any atom is -0.317 e. The highest BCUT2D eigenvalue weighted by Crippen LogP contribution is 2.53. The first-order valence-corrected chi connectivity index (χ1v) is 16.3. The number of rotatable bonds is 2. The SMILES string of the molecule is CC1(C)c2ccncc2-c2ccc(-n3ccc4c5c(ccc43)N(c3ccc4ccccc4c3)c3ccccc3-c3ccccc3-5)cc21. The molecule has 0 saturated heterocycles. The minimum atomic E-state index is -0.0886. The average Bonchev–Trinajstić information content (AvgIpc) is 3.61. The lowest BCUT2D eigenvalue weighted by Crippen LogP contribution is -2.15. The number of pyridine rings is 1. The summed E-state index contributed by atoms with van der Waals surface area (Å²) in [7, 11) is 0. The van der Waals surface area contributed by atoms with Crippen molar-refractivity contribution in [1.82, 2.24) is 9.55 Å². The van der Waals surface area contributed by atoms with Crippen molar-refractivity contribution in [1.29, 1.82) is 0 Å². The van der Waals surface area contributed by atoms with E-state index in [0.717, 1.165) is 5.69 Å². The Kier molecular flexibility index (Phi) is 5.34. The Morgan fingerprint density at radius 3 is 2.19 bits per heavy atom. The standard InChI is InChI=1S/C44H31N3/c1-44(2)38-21-23-45-27-37(38)33-18-17-30(26-39(33)44)46-24-22-36-40(46)19-20-42-43(36)35-13-6-5-11-32(35)34-12-7-8-14-41(34)47(42)31-16-15-28-9-3-4-10-29(28)25-31/h3-27H,1-2H3. The number of hydrogen-bond donors (Lipinski definition) is 0. The first-order valence-electron chi connectivity index (χ1n) is 16.3. The third-order valence-electron chi connectivity index (χ3n) is 10.5. The largest absolute Gasteiger partial charge is 0.317 e. The van der Waals surface area contributed by atoms with Gasteiger partial charge in [0.05, 0.1) is 16.9 Å². The van der Waals surface area contributed by atoms with Crippen LogP contribution in [0.5, 0.6) is 0 Å². The average molecular weight is 602 g/mol. The molecule has 0 radical (unpaired) electrons. The summed E-state index contributed by atoms with van der Waals surface area (Å²) in [6.45, 7) is 4.65. The van der Waals surface area contributed by atoms with Gasteiger partial charge in [-0.25, -0.2) is 0 Å². The molecule has 3 nitrogen and oxygen atoms in total. The molecule has 8 aromatic rings. The van der Waals surface area contributed by atoms with E-state index in [1.54, 1.807) is 0 Å². The molecule has 0 saturated carbocycles. The second-order valence-electron chi connectivity index (χ2n) is 13.3. The van der Waals surface area contributed by atoms with Gasteiger partial charge in [0.25, 0.3) is 0 Å². The smallest absolute Gasteiger partial charge is 0.0548 e. The van der Waals surface area contributed by atoms with Gasteiger partial charge in [-0.3, -0.25) is 4.98 Å². The number of anilines is 3. The lowest BCUT2D eigenvalue weighted by Gasteiger charge is -2.28. The van der Waals surface area contributed by atoms with Crippen LogP contribution in [0.3, 0.4) is 0 Å². The summed E-state index contributed by atoms with van der Waals surface area (Å²) < 4.78 is 2.36. The normalized spacial score (nSPS) is 13.9. The van der Waals surface area contributed by atoms with Crippen LogP contribution >= 0.6 is 0 Å². The van der Waals surface area contributed by atoms with Crippen molar-refractivity contribution >= 4 is 38.7 Å². The van der Waals surface area contributed by atoms with Crippen molar-refractivity contribution in [2.75, 3.05) is 4.90 Å². The maximum Gasteiger partial charge on any atom is 0.0548 e. The van der Waals surface area contributed by atoms with Gasteiger partial charge in [-0.2, -0.15) is 0 Å². The number of fused-ring (bicyclic) bond motifs is 11. The van der Waals surface area contributed by atoms with Crippen molar-refractivity contribution in [3.63, 3.8) is 0 Å². The Balaban J connectivity index is 1.22. The monoisotopic (exact) mass is 601 g/mol. The van der Waals surface area contributed by atoms with Crippen LogP contribution < -0.4 is 4.90 Å². The van der Waals surface area contributed by atoms with E-state index < -0.39 is 0 Å². The fraction of sp³-hybridized carbons (Fsp3) is 0.0682. The maximum absolute atomic E-state index is 4.45. The molecule has 6 aromatic carbocycles. The van der Waals surface area contributed by atoms with Gasteiger partial charge >= 0.3 is 0 Å². The molecule has 0 fully saturated rings. The zero-order valence-corrected chi connectivity index (χ0v) is 26.3. The van der Waals surface area contributed by atoms with Crippen molar-refractivity contribution in [2.24, 2.45) is 0 Å². The molecule has 0 unspecified atom stereocenters. The molecule has 222 valence electrons. The molecule has 0 spiro atoms. The summed E-state index contributed by atoms with van der Waals surface area (Å²) in [5, 5.41) is 3.71. The molecular formula is C44H31N3. The third-order valence-corrected chi connectivity index (χ3v) is 10.5. The number of hydrogen-bond acceptors (Lipinski definition) is 2. The van der Waals surface area contributed by atoms with Crippen molar-refractivity contribution < 1.29 is 0 Å². The van der Waals surface area contributed by atoms with Crippen LogP contribution in [0, 0.1) is 0 Å². The van der Waals surface area contributed by atoms with Gasteiger partial charge in [-0.05, 0) is 93.2 Å². The second-order valence-corrected chi connectivity index (χ2v) is 13.3. The number of benzene rings is 6. The van der Waals surface area contributed by atoms with Gasteiger partial charge < -0.3 is 9.47 Å². The lowest BCUT2D eigenvalue weighted by atomic mass is 9.82. The fourth-order valence-electron chi connectivity index (χ4n) is 8.19. The summed E-state index contributed by atoms with van der Waals surface area (Å²) in [5.74, 6) is 0. The van der Waals surface area contributed by atoms with E-state index in [0.29, 0.717) is 0 Å². The highest BCUT2D eigenvalue weighted by molar-refractivity contribution is 6.12. The van der Waals surface area contributed by atoms with Gasteiger partial charge in [0, 0.05) is 57.5 Å². The van der Waals surface area contributed by atoms with Gasteiger partial charge in [0.2, 0.25) is 0 Å². The summed E-state index contributed by atoms with van der Waals surface area (Å²) >= 11 is 0. The molecule has 3 heteroatoms. The Morgan fingerprint density at radius 2 is 1.30 bits per heavy atom. The Labute approximate surface area is 274 Å². The van der Waals surface area contributed by atoms with Crippen molar-refractivity contribution in [2.45, 2.75) is 19.3 Å². The Morgan fingerprint density at radius 1 is 0.532 bits per heavy atom. The molecule has 10 rings (SSSR count). The zero-order valence-electron chi connectivity index (χ0n) is 26.3. The van der Waals surface area contributed by atoms with Crippen LogP contribution in [0.2, 0.25) is 0 Å². The molecule has 47 heavy (non-hydrogen) atoms. The quantitative estimate of drug-likeness (QED) is 0.197. The second kappa shape index (κ2) is 9.54. The van der Waals surface area contributed by atoms with E-state index in [9.17, 15) is 0 Å². The third kappa shape index (κ3) is 3.65. The molecule has 0 atom stereocenters. The van der Waals surface area contributed by atoms with Crippen LogP contribution in [0.25, 0.3) is 60.7 Å². The summed E-state index contributed by atoms with van der Waals surface area (Å²) in [6, 6.07) is 49.1. The van der Waals surface area contributed by atoms with E-state index in [-0.39, 0.29) is 5.41 Å². The number of nitrogens with zero attached hydrogens (tertiary/aromatic N) is 3. The van der Waals surface area contributed by atoms with Gasteiger partial charge in [0.15, 0.2) is 0 Å². The minimum absolute atomic E-state index is 0.0886. The maximum atomic E-state index is 4.45. The summed E-state index contributed by atoms with van der Waals surface area (Å²) in [4.78, 5) is 6.91. The van der Waals surface area contributed by atoms with E-state index in [4.69, 9.17) is 0 Å². The Bertz CT molecular complexity index is 2570. The molecule has 1 aliphatic heterocycles. The van der Waals surface area contributed by atoms with Crippen LogP contribution in [-0.2, 0) is 5.41 Å². The molecule has 1 aliphatic carbocycles. The molecule has 2 aliphatic rings. The van der Waals surface area contributed by atoms with Gasteiger partial charge in [0.1, 0.15) is 0 Å². The van der Waals surface area contributed by atoms with Crippen molar-refractivity contribution in [3.05, 3.63) is 163 Å². The van der Waals surface area contributed by atoms with E-state index in [2.05, 4.69) is 168 Å². The van der Waals surface area contributed by atoms with Crippen LogP contribution in [0.4, 0.5) is 17.1 Å². The fourth-order valence-corrected chi connectivity index (χ4v) is 8.19. The predicted molar refractivity (Wildman–Crippen MR) is 195 cm³/mol. The Hall–Kier alpha value is -5.93. The summed E-state index contributed by atoms with van der Waals surface area (Å²) in [6.07, 6.45) is 6.17. The van der Waals surface area contributed by atoms with Gasteiger partial charge in [-0.1, -0.05) is 92.7 Å². The predicted octanol–water partition coefficient (Wildman–Crippen LogP) is 11.6. The highest BCUT2D eigenvalue weighted by atomic mass is 15.2. The molecule has 2 aromatic heterocycles. The first-order chi connectivity index (χ1) is 23.1. The molecular weight excluding hydrogens is 571 g/mol. The summed E-state index contributed by atoms with van der Waals surface area (Å²) in [5.41, 5.74) is 16.0. The van der Waals surface area contributed by atoms with Crippen LogP contribution in [0.1, 0.15) is 25.0 Å². The molecule has 3 heterocycles. The number of aromatic nitrogens is 2. The number of para-hydroxylation sites is 1. The lowest BCUT2D eigenvalue weighted by molar-refractivity contribution is 0.659. The molecule has 0 amide bonds. The van der Waals surface area contributed by atoms with Gasteiger partial charge in [-0.15, -0.1) is 0 Å². The topological polar surface area (TPSA) is 21.1 Å². The van der Waals surface area contributed by atoms with E-state index in [1.807, 2.05) is 12.4 Å².